The Morgan fingerprint density at radius 2 is 2.09 bits per heavy atom. The summed E-state index contributed by atoms with van der Waals surface area (Å²) >= 11 is 0. The summed E-state index contributed by atoms with van der Waals surface area (Å²) in [7, 11) is 0. The lowest BCUT2D eigenvalue weighted by Crippen LogP contribution is -2.41. The average Bonchev–Trinajstić information content (AvgIpc) is 2.85. The van der Waals surface area contributed by atoms with Crippen LogP contribution in [0.25, 0.3) is 0 Å². The second kappa shape index (κ2) is 6.81. The number of hydrogen-bond acceptors (Lipinski definition) is 3. The van der Waals surface area contributed by atoms with E-state index < -0.39 is 5.60 Å². The Morgan fingerprint density at radius 3 is 2.77 bits per heavy atom. The number of anilines is 1. The number of rotatable bonds is 3. The highest BCUT2D eigenvalue weighted by atomic mass is 16.6. The van der Waals surface area contributed by atoms with E-state index in [-0.39, 0.29) is 12.5 Å². The van der Waals surface area contributed by atoms with Crippen molar-refractivity contribution in [2.24, 2.45) is 4.99 Å². The van der Waals surface area contributed by atoms with E-state index in [0.29, 0.717) is 0 Å². The number of hydrogen-bond donors (Lipinski definition) is 1. The van der Waals surface area contributed by atoms with Gasteiger partial charge < -0.3 is 15.0 Å². The van der Waals surface area contributed by atoms with Gasteiger partial charge in [-0.3, -0.25) is 4.79 Å². The second-order valence-electron chi connectivity index (χ2n) is 6.29. The van der Waals surface area contributed by atoms with Crippen molar-refractivity contribution in [1.29, 1.82) is 0 Å². The molecule has 0 spiro atoms. The normalized spacial score (nSPS) is 14.7. The minimum atomic E-state index is -0.481. The summed E-state index contributed by atoms with van der Waals surface area (Å²) in [5.41, 5.74) is 1.99. The highest BCUT2D eigenvalue weighted by Crippen LogP contribution is 2.27. The third kappa shape index (κ3) is 4.23. The summed E-state index contributed by atoms with van der Waals surface area (Å²) in [5, 5.41) is 3.25. The van der Waals surface area contributed by atoms with E-state index in [1.165, 1.54) is 5.56 Å². The largest absolute Gasteiger partial charge is 0.459 e. The zero-order valence-corrected chi connectivity index (χ0v) is 13.8. The lowest BCUT2D eigenvalue weighted by molar-refractivity contribution is -0.152. The SMILES string of the molecule is CCNC(=NCC(=O)OC(C)(C)C)N1CCc2ccccc21. The number of carbonyl (C=O) groups excluding carboxylic acids is 1. The first-order valence-corrected chi connectivity index (χ1v) is 7.76. The standard InChI is InChI=1S/C17H25N3O2/c1-5-18-16(19-12-15(21)22-17(2,3)4)20-11-10-13-8-6-7-9-14(13)20/h6-9H,5,10-12H2,1-4H3,(H,18,19). The van der Waals surface area contributed by atoms with Crippen LogP contribution in [0.4, 0.5) is 5.69 Å². The van der Waals surface area contributed by atoms with Gasteiger partial charge in [0.25, 0.3) is 0 Å². The summed E-state index contributed by atoms with van der Waals surface area (Å²) in [4.78, 5) is 18.4. The fourth-order valence-corrected chi connectivity index (χ4v) is 2.47. The molecule has 0 amide bonds. The van der Waals surface area contributed by atoms with Crippen molar-refractivity contribution in [2.45, 2.75) is 39.7 Å². The van der Waals surface area contributed by atoms with Crippen molar-refractivity contribution in [3.63, 3.8) is 0 Å². The van der Waals surface area contributed by atoms with Crippen molar-refractivity contribution in [3.8, 4) is 0 Å². The van der Waals surface area contributed by atoms with Crippen LogP contribution in [0.5, 0.6) is 0 Å². The van der Waals surface area contributed by atoms with Crippen LogP contribution in [-0.2, 0) is 16.0 Å². The number of para-hydroxylation sites is 1. The van der Waals surface area contributed by atoms with E-state index in [4.69, 9.17) is 4.74 Å². The van der Waals surface area contributed by atoms with Crippen LogP contribution in [0.3, 0.4) is 0 Å². The first-order valence-electron chi connectivity index (χ1n) is 7.76. The summed E-state index contributed by atoms with van der Waals surface area (Å²) in [5.74, 6) is 0.425. The van der Waals surface area contributed by atoms with Gasteiger partial charge in [0.1, 0.15) is 12.1 Å². The van der Waals surface area contributed by atoms with E-state index in [1.807, 2.05) is 39.8 Å². The molecule has 22 heavy (non-hydrogen) atoms. The van der Waals surface area contributed by atoms with Gasteiger partial charge in [0.2, 0.25) is 0 Å². The van der Waals surface area contributed by atoms with E-state index in [1.54, 1.807) is 0 Å². The van der Waals surface area contributed by atoms with Gasteiger partial charge in [-0.25, -0.2) is 4.99 Å². The van der Waals surface area contributed by atoms with Crippen molar-refractivity contribution < 1.29 is 9.53 Å². The van der Waals surface area contributed by atoms with Gasteiger partial charge in [-0.2, -0.15) is 0 Å². The van der Waals surface area contributed by atoms with Crippen LogP contribution < -0.4 is 10.2 Å². The molecule has 1 aromatic rings. The molecule has 1 aliphatic rings. The predicted octanol–water partition coefficient (Wildman–Crippen LogP) is 2.36. The van der Waals surface area contributed by atoms with Crippen LogP contribution in [0, 0.1) is 0 Å². The quantitative estimate of drug-likeness (QED) is 0.529. The summed E-state index contributed by atoms with van der Waals surface area (Å²) in [6, 6.07) is 8.29. The van der Waals surface area contributed by atoms with Gasteiger partial charge in [-0.15, -0.1) is 0 Å². The molecule has 2 rings (SSSR count). The number of nitrogens with one attached hydrogen (secondary N) is 1. The molecular weight excluding hydrogens is 278 g/mol. The van der Waals surface area contributed by atoms with Crippen molar-refractivity contribution >= 4 is 17.6 Å². The molecule has 1 aliphatic heterocycles. The number of ether oxygens (including phenoxy) is 1. The Kier molecular flexibility index (Phi) is 5.06. The third-order valence-electron chi connectivity index (χ3n) is 3.26. The van der Waals surface area contributed by atoms with Gasteiger partial charge in [-0.05, 0) is 45.7 Å². The Balaban J connectivity index is 2.10. The number of aliphatic imine (C=N–C) groups is 1. The van der Waals surface area contributed by atoms with Crippen LogP contribution in [0.1, 0.15) is 33.3 Å². The van der Waals surface area contributed by atoms with Crippen LogP contribution in [-0.4, -0.2) is 37.2 Å². The fraction of sp³-hybridized carbons (Fsp3) is 0.529. The van der Waals surface area contributed by atoms with E-state index >= 15 is 0 Å². The van der Waals surface area contributed by atoms with Gasteiger partial charge in [0.05, 0.1) is 0 Å². The Morgan fingerprint density at radius 1 is 1.36 bits per heavy atom. The zero-order chi connectivity index (χ0) is 16.2. The molecule has 1 aromatic carbocycles. The highest BCUT2D eigenvalue weighted by molar-refractivity contribution is 5.98. The molecule has 1 N–H and O–H groups in total. The predicted molar refractivity (Wildman–Crippen MR) is 89.3 cm³/mol. The molecule has 5 heteroatoms. The summed E-state index contributed by atoms with van der Waals surface area (Å²) < 4.78 is 5.31. The number of nitrogens with zero attached hydrogens (tertiary/aromatic N) is 2. The molecule has 5 nitrogen and oxygen atoms in total. The number of carbonyl (C=O) groups is 1. The molecule has 0 radical (unpaired) electrons. The minimum absolute atomic E-state index is 0.0261. The third-order valence-corrected chi connectivity index (χ3v) is 3.26. The smallest absolute Gasteiger partial charge is 0.328 e. The molecule has 0 unspecified atom stereocenters. The van der Waals surface area contributed by atoms with E-state index in [9.17, 15) is 4.79 Å². The maximum Gasteiger partial charge on any atom is 0.328 e. The summed E-state index contributed by atoms with van der Waals surface area (Å²) in [6.45, 7) is 9.25. The highest BCUT2D eigenvalue weighted by Gasteiger charge is 2.23. The maximum atomic E-state index is 11.9. The monoisotopic (exact) mass is 303 g/mol. The van der Waals surface area contributed by atoms with Crippen molar-refractivity contribution in [1.82, 2.24) is 5.32 Å². The minimum Gasteiger partial charge on any atom is -0.459 e. The molecule has 0 fully saturated rings. The molecular formula is C17H25N3O2. The Bertz CT molecular complexity index is 561. The molecule has 0 atom stereocenters. The maximum absolute atomic E-state index is 11.9. The van der Waals surface area contributed by atoms with Crippen LogP contribution >= 0.6 is 0 Å². The molecule has 0 bridgehead atoms. The molecule has 0 saturated heterocycles. The molecule has 0 aromatic heterocycles. The topological polar surface area (TPSA) is 53.9 Å². The van der Waals surface area contributed by atoms with Gasteiger partial charge in [0, 0.05) is 18.8 Å². The van der Waals surface area contributed by atoms with Crippen LogP contribution in [0.15, 0.2) is 29.3 Å². The Labute approximate surface area is 132 Å². The fourth-order valence-electron chi connectivity index (χ4n) is 2.47. The lowest BCUT2D eigenvalue weighted by Gasteiger charge is -2.23. The number of benzene rings is 1. The first-order chi connectivity index (χ1) is 10.4. The van der Waals surface area contributed by atoms with E-state index in [2.05, 4.69) is 27.3 Å². The molecule has 0 aliphatic carbocycles. The second-order valence-corrected chi connectivity index (χ2v) is 6.29. The average molecular weight is 303 g/mol. The lowest BCUT2D eigenvalue weighted by atomic mass is 10.2. The number of guanidine groups is 1. The van der Waals surface area contributed by atoms with Crippen molar-refractivity contribution in [2.75, 3.05) is 24.5 Å². The number of esters is 1. The Hall–Kier alpha value is -2.04. The van der Waals surface area contributed by atoms with E-state index in [0.717, 1.165) is 31.2 Å². The zero-order valence-electron chi connectivity index (χ0n) is 13.8. The van der Waals surface area contributed by atoms with Gasteiger partial charge in [-0.1, -0.05) is 18.2 Å². The van der Waals surface area contributed by atoms with Gasteiger partial charge in [0.15, 0.2) is 5.96 Å². The summed E-state index contributed by atoms with van der Waals surface area (Å²) in [6.07, 6.45) is 0.993. The molecule has 120 valence electrons. The molecule has 1 heterocycles. The molecule has 0 saturated carbocycles. The van der Waals surface area contributed by atoms with Crippen molar-refractivity contribution in [3.05, 3.63) is 29.8 Å². The first kappa shape index (κ1) is 16.3. The van der Waals surface area contributed by atoms with Crippen LogP contribution in [0.2, 0.25) is 0 Å². The van der Waals surface area contributed by atoms with Gasteiger partial charge >= 0.3 is 5.97 Å². The number of fused-ring (bicyclic) bond motifs is 1.